The number of rotatable bonds is 25. The molecule has 34 heavy (non-hydrogen) atoms. The summed E-state index contributed by atoms with van der Waals surface area (Å²) < 4.78 is 32.0. The number of carbonyl (C=O) groups excluding carboxylic acids is 1. The molecule has 3 N–H and O–H groups in total. The standard InChI is InChI=1S/C27H55NO5S/c1-3-5-7-9-11-12-13-14-15-17-19-21-23-27(30)28-25(24-34(31,32)33)26(29)22-20-18-16-10-8-6-4-2/h25-26,29H,3-24H2,1-2H3,(H,28,30)(H,31,32,33). The smallest absolute Gasteiger partial charge is 0.266 e. The van der Waals surface area contributed by atoms with Crippen LogP contribution in [0.2, 0.25) is 0 Å². The number of hydrogen-bond donors (Lipinski definition) is 3. The molecule has 0 aromatic rings. The van der Waals surface area contributed by atoms with Gasteiger partial charge in [-0.05, 0) is 12.8 Å². The summed E-state index contributed by atoms with van der Waals surface area (Å²) in [6.45, 7) is 4.42. The summed E-state index contributed by atoms with van der Waals surface area (Å²) in [4.78, 5) is 12.3. The fourth-order valence-corrected chi connectivity index (χ4v) is 5.15. The molecule has 0 aromatic carbocycles. The lowest BCUT2D eigenvalue weighted by atomic mass is 10.0. The van der Waals surface area contributed by atoms with Crippen molar-refractivity contribution in [3.05, 3.63) is 0 Å². The maximum atomic E-state index is 12.3. The molecule has 2 atom stereocenters. The molecule has 0 saturated heterocycles. The Kier molecular flexibility index (Phi) is 22.3. The van der Waals surface area contributed by atoms with E-state index in [-0.39, 0.29) is 5.91 Å². The summed E-state index contributed by atoms with van der Waals surface area (Å²) in [6, 6.07) is -0.958. The molecule has 0 saturated carbocycles. The predicted molar refractivity (Wildman–Crippen MR) is 143 cm³/mol. The number of aliphatic hydroxyl groups is 1. The molecule has 1 amide bonds. The Morgan fingerprint density at radius 2 is 1.06 bits per heavy atom. The average molecular weight is 506 g/mol. The fraction of sp³-hybridized carbons (Fsp3) is 0.963. The minimum atomic E-state index is -4.28. The lowest BCUT2D eigenvalue weighted by Gasteiger charge is -2.23. The van der Waals surface area contributed by atoms with E-state index in [1.807, 2.05) is 0 Å². The van der Waals surface area contributed by atoms with E-state index in [2.05, 4.69) is 19.2 Å². The van der Waals surface area contributed by atoms with Crippen molar-refractivity contribution in [3.8, 4) is 0 Å². The van der Waals surface area contributed by atoms with Gasteiger partial charge >= 0.3 is 0 Å². The highest BCUT2D eigenvalue weighted by Gasteiger charge is 2.25. The van der Waals surface area contributed by atoms with E-state index in [0.717, 1.165) is 38.5 Å². The van der Waals surface area contributed by atoms with Crippen molar-refractivity contribution < 1.29 is 22.9 Å². The molecule has 0 spiro atoms. The van der Waals surface area contributed by atoms with Crippen LogP contribution in [0.3, 0.4) is 0 Å². The van der Waals surface area contributed by atoms with Crippen LogP contribution in [0.1, 0.15) is 149 Å². The van der Waals surface area contributed by atoms with E-state index < -0.39 is 28.0 Å². The Morgan fingerprint density at radius 1 is 0.676 bits per heavy atom. The molecule has 0 bridgehead atoms. The molecule has 0 aliphatic heterocycles. The number of carbonyl (C=O) groups is 1. The second-order valence-electron chi connectivity index (χ2n) is 10.0. The highest BCUT2D eigenvalue weighted by atomic mass is 32.2. The molecule has 0 rings (SSSR count). The molecule has 6 nitrogen and oxygen atoms in total. The van der Waals surface area contributed by atoms with Crippen molar-refractivity contribution in [3.63, 3.8) is 0 Å². The first-order chi connectivity index (χ1) is 16.3. The Labute approximate surface area is 210 Å². The predicted octanol–water partition coefficient (Wildman–Crippen LogP) is 6.95. The first kappa shape index (κ1) is 33.3. The van der Waals surface area contributed by atoms with Gasteiger partial charge < -0.3 is 10.4 Å². The Balaban J connectivity index is 4.00. The maximum absolute atomic E-state index is 12.3. The van der Waals surface area contributed by atoms with Crippen LogP contribution < -0.4 is 5.32 Å². The quantitative estimate of drug-likeness (QED) is 0.0919. The van der Waals surface area contributed by atoms with Gasteiger partial charge in [-0.1, -0.05) is 129 Å². The van der Waals surface area contributed by atoms with Crippen molar-refractivity contribution in [2.75, 3.05) is 5.75 Å². The summed E-state index contributed by atoms with van der Waals surface area (Å²) in [5, 5.41) is 13.1. The molecule has 0 heterocycles. The van der Waals surface area contributed by atoms with Crippen LogP contribution in [0.25, 0.3) is 0 Å². The van der Waals surface area contributed by atoms with Gasteiger partial charge in [-0.2, -0.15) is 8.42 Å². The van der Waals surface area contributed by atoms with Gasteiger partial charge in [0.1, 0.15) is 0 Å². The van der Waals surface area contributed by atoms with Crippen molar-refractivity contribution in [2.24, 2.45) is 0 Å². The van der Waals surface area contributed by atoms with Crippen LogP contribution in [-0.2, 0) is 14.9 Å². The first-order valence-electron chi connectivity index (χ1n) is 14.2. The molecule has 7 heteroatoms. The van der Waals surface area contributed by atoms with Gasteiger partial charge in [0.15, 0.2) is 0 Å². The Hall–Kier alpha value is -0.660. The number of hydrogen-bond acceptors (Lipinski definition) is 4. The average Bonchev–Trinajstić information content (AvgIpc) is 2.77. The van der Waals surface area contributed by atoms with Crippen molar-refractivity contribution >= 4 is 16.0 Å². The minimum Gasteiger partial charge on any atom is -0.391 e. The van der Waals surface area contributed by atoms with Crippen LogP contribution >= 0.6 is 0 Å². The van der Waals surface area contributed by atoms with Crippen LogP contribution in [-0.4, -0.2) is 41.9 Å². The van der Waals surface area contributed by atoms with Gasteiger partial charge in [0, 0.05) is 6.42 Å². The normalized spacial score (nSPS) is 13.6. The summed E-state index contributed by atoms with van der Waals surface area (Å²) in [5.41, 5.74) is 0. The van der Waals surface area contributed by atoms with Gasteiger partial charge in [0.2, 0.25) is 5.91 Å². The SMILES string of the molecule is CCCCCCCCCCCCCCC(=O)NC(CS(=O)(=O)O)C(O)CCCCCCCCC. The molecule has 204 valence electrons. The van der Waals surface area contributed by atoms with Crippen molar-refractivity contribution in [1.29, 1.82) is 0 Å². The molecule has 2 unspecified atom stereocenters. The number of unbranched alkanes of at least 4 members (excludes halogenated alkanes) is 17. The van der Waals surface area contributed by atoms with Crippen LogP contribution in [0.5, 0.6) is 0 Å². The number of nitrogens with one attached hydrogen (secondary N) is 1. The van der Waals surface area contributed by atoms with Crippen molar-refractivity contribution in [2.45, 2.75) is 161 Å². The molecule has 0 radical (unpaired) electrons. The lowest BCUT2D eigenvalue weighted by Crippen LogP contribution is -2.47. The summed E-state index contributed by atoms with van der Waals surface area (Å²) in [5.74, 6) is -0.895. The molecule has 0 aromatic heterocycles. The van der Waals surface area contributed by atoms with Crippen LogP contribution in [0.4, 0.5) is 0 Å². The third kappa shape index (κ3) is 23.1. The van der Waals surface area contributed by atoms with Gasteiger partial charge in [-0.25, -0.2) is 0 Å². The van der Waals surface area contributed by atoms with Crippen LogP contribution in [0, 0.1) is 0 Å². The second-order valence-corrected chi connectivity index (χ2v) is 11.5. The molecule has 0 aliphatic rings. The Bertz CT molecular complexity index is 567. The zero-order valence-electron chi connectivity index (χ0n) is 22.2. The Morgan fingerprint density at radius 3 is 1.47 bits per heavy atom. The van der Waals surface area contributed by atoms with Gasteiger partial charge in [0.25, 0.3) is 10.1 Å². The van der Waals surface area contributed by atoms with E-state index in [1.54, 1.807) is 0 Å². The zero-order valence-corrected chi connectivity index (χ0v) is 23.1. The maximum Gasteiger partial charge on any atom is 0.266 e. The van der Waals surface area contributed by atoms with Gasteiger partial charge in [0.05, 0.1) is 17.9 Å². The molecular weight excluding hydrogens is 450 g/mol. The van der Waals surface area contributed by atoms with Crippen LogP contribution in [0.15, 0.2) is 0 Å². The second kappa shape index (κ2) is 22.8. The zero-order chi connectivity index (χ0) is 25.5. The number of amides is 1. The molecular formula is C27H55NO5S. The third-order valence-electron chi connectivity index (χ3n) is 6.56. The largest absolute Gasteiger partial charge is 0.391 e. The summed E-state index contributed by atoms with van der Waals surface area (Å²) in [6.07, 6.45) is 22.1. The minimum absolute atomic E-state index is 0.251. The van der Waals surface area contributed by atoms with E-state index >= 15 is 0 Å². The van der Waals surface area contributed by atoms with E-state index in [1.165, 1.54) is 83.5 Å². The van der Waals surface area contributed by atoms with Gasteiger partial charge in [-0.15, -0.1) is 0 Å². The fourth-order valence-electron chi connectivity index (χ4n) is 4.39. The van der Waals surface area contributed by atoms with Crippen molar-refractivity contribution in [1.82, 2.24) is 5.32 Å². The van der Waals surface area contributed by atoms with E-state index in [0.29, 0.717) is 12.8 Å². The van der Waals surface area contributed by atoms with E-state index in [4.69, 9.17) is 0 Å². The first-order valence-corrected chi connectivity index (χ1v) is 15.8. The number of aliphatic hydroxyl groups excluding tert-OH is 1. The van der Waals surface area contributed by atoms with Gasteiger partial charge in [-0.3, -0.25) is 9.35 Å². The van der Waals surface area contributed by atoms with E-state index in [9.17, 15) is 22.9 Å². The summed E-state index contributed by atoms with van der Waals surface area (Å²) >= 11 is 0. The molecule has 0 fully saturated rings. The topological polar surface area (TPSA) is 104 Å². The lowest BCUT2D eigenvalue weighted by molar-refractivity contribution is -0.122. The highest BCUT2D eigenvalue weighted by Crippen LogP contribution is 2.14. The highest BCUT2D eigenvalue weighted by molar-refractivity contribution is 7.85. The molecule has 0 aliphatic carbocycles. The summed E-state index contributed by atoms with van der Waals surface area (Å²) in [7, 11) is -4.28. The third-order valence-corrected chi connectivity index (χ3v) is 7.34. The monoisotopic (exact) mass is 505 g/mol.